The molecule has 1 N–H and O–H groups in total. The van der Waals surface area contributed by atoms with Crippen molar-refractivity contribution in [2.45, 2.75) is 19.3 Å². The molecule has 1 aromatic heterocycles. The average molecular weight is 187 g/mol. The van der Waals surface area contributed by atoms with E-state index in [0.29, 0.717) is 6.42 Å². The van der Waals surface area contributed by atoms with E-state index in [-0.39, 0.29) is 0 Å². The minimum atomic E-state index is 0.388. The first-order chi connectivity index (χ1) is 6.88. The molecular weight excluding hydrogens is 174 g/mol. The maximum atomic E-state index is 8.53. The van der Waals surface area contributed by atoms with Gasteiger partial charge in [0.15, 0.2) is 0 Å². The second-order valence-corrected chi connectivity index (χ2v) is 3.67. The van der Waals surface area contributed by atoms with Crippen LogP contribution in [0.2, 0.25) is 0 Å². The predicted molar refractivity (Wildman–Crippen MR) is 54.8 cm³/mol. The molecule has 2 rings (SSSR count). The molecule has 0 unspecified atom stereocenters. The van der Waals surface area contributed by atoms with Crippen LogP contribution in [0.4, 0.5) is 5.82 Å². The summed E-state index contributed by atoms with van der Waals surface area (Å²) in [6.07, 6.45) is 3.06. The van der Waals surface area contributed by atoms with Gasteiger partial charge in [0.2, 0.25) is 0 Å². The molecule has 1 aromatic rings. The van der Waals surface area contributed by atoms with Crippen LogP contribution >= 0.6 is 0 Å². The molecule has 1 aliphatic carbocycles. The maximum absolute atomic E-state index is 8.53. The van der Waals surface area contributed by atoms with E-state index in [1.54, 1.807) is 0 Å². The minimum absolute atomic E-state index is 0.388. The van der Waals surface area contributed by atoms with Crippen LogP contribution in [0.1, 0.15) is 18.5 Å². The third-order valence-corrected chi connectivity index (χ3v) is 2.34. The highest BCUT2D eigenvalue weighted by molar-refractivity contribution is 5.36. The van der Waals surface area contributed by atoms with Crippen LogP contribution in [0, 0.1) is 17.2 Å². The molecule has 3 heteroatoms. The molecule has 0 radical (unpaired) electrons. The summed E-state index contributed by atoms with van der Waals surface area (Å²) < 4.78 is 0. The van der Waals surface area contributed by atoms with Crippen molar-refractivity contribution in [1.29, 1.82) is 5.26 Å². The Balaban J connectivity index is 1.94. The number of hydrogen-bond acceptors (Lipinski definition) is 3. The molecule has 14 heavy (non-hydrogen) atoms. The standard InChI is InChI=1S/C11H13N3/c12-7-6-10-2-1-3-11(14-10)13-8-9-4-5-9/h1-3,9H,4-6,8H2,(H,13,14). The molecule has 3 nitrogen and oxygen atoms in total. The number of pyridine rings is 1. The maximum Gasteiger partial charge on any atom is 0.126 e. The Bertz CT molecular complexity index is 350. The summed E-state index contributed by atoms with van der Waals surface area (Å²) in [6.45, 7) is 1.02. The molecule has 1 saturated carbocycles. The Morgan fingerprint density at radius 2 is 2.36 bits per heavy atom. The van der Waals surface area contributed by atoms with Gasteiger partial charge in [0.1, 0.15) is 5.82 Å². The number of nitriles is 1. The van der Waals surface area contributed by atoms with Gasteiger partial charge in [-0.25, -0.2) is 4.98 Å². The van der Waals surface area contributed by atoms with E-state index in [9.17, 15) is 0 Å². The van der Waals surface area contributed by atoms with Crippen LogP contribution in [0.15, 0.2) is 18.2 Å². The van der Waals surface area contributed by atoms with E-state index in [2.05, 4.69) is 16.4 Å². The van der Waals surface area contributed by atoms with Gasteiger partial charge in [-0.3, -0.25) is 0 Å². The summed E-state index contributed by atoms with van der Waals surface area (Å²) in [5.41, 5.74) is 0.841. The second-order valence-electron chi connectivity index (χ2n) is 3.67. The molecule has 1 heterocycles. The fourth-order valence-corrected chi connectivity index (χ4v) is 1.33. The number of nitrogens with zero attached hydrogens (tertiary/aromatic N) is 2. The molecule has 72 valence electrons. The van der Waals surface area contributed by atoms with Gasteiger partial charge in [0, 0.05) is 6.54 Å². The zero-order valence-corrected chi connectivity index (χ0v) is 8.03. The van der Waals surface area contributed by atoms with Crippen molar-refractivity contribution in [3.8, 4) is 6.07 Å². The van der Waals surface area contributed by atoms with Crippen LogP contribution in [0.3, 0.4) is 0 Å². The fraction of sp³-hybridized carbons (Fsp3) is 0.455. The van der Waals surface area contributed by atoms with E-state index >= 15 is 0 Å². The van der Waals surface area contributed by atoms with Gasteiger partial charge in [-0.1, -0.05) is 6.07 Å². The van der Waals surface area contributed by atoms with Gasteiger partial charge in [-0.2, -0.15) is 5.26 Å². The van der Waals surface area contributed by atoms with Crippen molar-refractivity contribution in [3.63, 3.8) is 0 Å². The van der Waals surface area contributed by atoms with Crippen molar-refractivity contribution in [2.75, 3.05) is 11.9 Å². The smallest absolute Gasteiger partial charge is 0.126 e. The lowest BCUT2D eigenvalue weighted by Crippen LogP contribution is -2.05. The normalized spacial score (nSPS) is 14.8. The Kier molecular flexibility index (Phi) is 2.64. The lowest BCUT2D eigenvalue weighted by molar-refractivity contribution is 0.880. The van der Waals surface area contributed by atoms with Gasteiger partial charge in [-0.15, -0.1) is 0 Å². The molecular formula is C11H13N3. The molecule has 0 bridgehead atoms. The molecule has 0 atom stereocenters. The fourth-order valence-electron chi connectivity index (χ4n) is 1.33. The average Bonchev–Trinajstić information content (AvgIpc) is 2.99. The quantitative estimate of drug-likeness (QED) is 0.784. The number of nitrogens with one attached hydrogen (secondary N) is 1. The second kappa shape index (κ2) is 4.10. The van der Waals surface area contributed by atoms with Crippen molar-refractivity contribution < 1.29 is 0 Å². The van der Waals surface area contributed by atoms with Crippen LogP contribution < -0.4 is 5.32 Å². The number of rotatable bonds is 4. The number of anilines is 1. The highest BCUT2D eigenvalue weighted by Crippen LogP contribution is 2.28. The Morgan fingerprint density at radius 1 is 1.50 bits per heavy atom. The minimum Gasteiger partial charge on any atom is -0.370 e. The van der Waals surface area contributed by atoms with Crippen LogP contribution in [-0.2, 0) is 6.42 Å². The van der Waals surface area contributed by atoms with Crippen LogP contribution in [-0.4, -0.2) is 11.5 Å². The van der Waals surface area contributed by atoms with Crippen molar-refractivity contribution in [1.82, 2.24) is 4.98 Å². The zero-order chi connectivity index (χ0) is 9.80. The molecule has 1 fully saturated rings. The third-order valence-electron chi connectivity index (χ3n) is 2.34. The lowest BCUT2D eigenvalue weighted by Gasteiger charge is -2.04. The van der Waals surface area contributed by atoms with Gasteiger partial charge < -0.3 is 5.32 Å². The monoisotopic (exact) mass is 187 g/mol. The highest BCUT2D eigenvalue weighted by atomic mass is 15.0. The summed E-state index contributed by atoms with van der Waals surface area (Å²) in [4.78, 5) is 4.33. The molecule has 1 aliphatic rings. The molecule has 0 saturated heterocycles. The molecule has 0 aromatic carbocycles. The summed E-state index contributed by atoms with van der Waals surface area (Å²) in [5, 5.41) is 11.8. The Hall–Kier alpha value is -1.56. The van der Waals surface area contributed by atoms with Gasteiger partial charge in [0.25, 0.3) is 0 Å². The lowest BCUT2D eigenvalue weighted by atomic mass is 10.3. The topological polar surface area (TPSA) is 48.7 Å². The first-order valence-corrected chi connectivity index (χ1v) is 4.95. The predicted octanol–water partition coefficient (Wildman–Crippen LogP) is 1.97. The van der Waals surface area contributed by atoms with E-state index < -0.39 is 0 Å². The number of aromatic nitrogens is 1. The van der Waals surface area contributed by atoms with E-state index in [4.69, 9.17) is 5.26 Å². The van der Waals surface area contributed by atoms with E-state index in [1.807, 2.05) is 18.2 Å². The van der Waals surface area contributed by atoms with Gasteiger partial charge in [-0.05, 0) is 30.9 Å². The van der Waals surface area contributed by atoms with Crippen molar-refractivity contribution in [2.24, 2.45) is 5.92 Å². The highest BCUT2D eigenvalue weighted by Gasteiger charge is 2.20. The van der Waals surface area contributed by atoms with Gasteiger partial charge in [0.05, 0.1) is 18.2 Å². The molecule has 0 amide bonds. The first-order valence-electron chi connectivity index (χ1n) is 4.95. The Labute approximate surface area is 83.8 Å². The van der Waals surface area contributed by atoms with Crippen molar-refractivity contribution >= 4 is 5.82 Å². The zero-order valence-electron chi connectivity index (χ0n) is 8.03. The third kappa shape index (κ3) is 2.46. The van der Waals surface area contributed by atoms with Crippen LogP contribution in [0.5, 0.6) is 0 Å². The summed E-state index contributed by atoms with van der Waals surface area (Å²) >= 11 is 0. The summed E-state index contributed by atoms with van der Waals surface area (Å²) in [7, 11) is 0. The largest absolute Gasteiger partial charge is 0.370 e. The molecule has 0 spiro atoms. The van der Waals surface area contributed by atoms with Crippen LogP contribution in [0.25, 0.3) is 0 Å². The SMILES string of the molecule is N#CCc1cccc(NCC2CC2)n1. The first kappa shape index (κ1) is 9.01. The summed E-state index contributed by atoms with van der Waals surface area (Å²) in [5.74, 6) is 1.74. The van der Waals surface area contributed by atoms with E-state index in [1.165, 1.54) is 12.8 Å². The summed E-state index contributed by atoms with van der Waals surface area (Å²) in [6, 6.07) is 7.87. The van der Waals surface area contributed by atoms with Crippen molar-refractivity contribution in [3.05, 3.63) is 23.9 Å². The number of hydrogen-bond donors (Lipinski definition) is 1. The Morgan fingerprint density at radius 3 is 3.07 bits per heavy atom. The van der Waals surface area contributed by atoms with Gasteiger partial charge >= 0.3 is 0 Å². The molecule has 0 aliphatic heterocycles. The van der Waals surface area contributed by atoms with E-state index in [0.717, 1.165) is 24.0 Å².